The van der Waals surface area contributed by atoms with Gasteiger partial charge in [-0.2, -0.15) is 0 Å². The molecule has 0 saturated carbocycles. The fourth-order valence-corrected chi connectivity index (χ4v) is 4.48. The number of hydrogen-bond acceptors (Lipinski definition) is 1. The first-order valence-electron chi connectivity index (χ1n) is 9.76. The van der Waals surface area contributed by atoms with Crippen molar-refractivity contribution in [2.24, 2.45) is 0 Å². The Balaban J connectivity index is 1.74. The zero-order chi connectivity index (χ0) is 19.4. The van der Waals surface area contributed by atoms with E-state index in [-0.39, 0.29) is 5.78 Å². The van der Waals surface area contributed by atoms with Gasteiger partial charge in [0.2, 0.25) is 0 Å². The number of fused-ring (bicyclic) bond motifs is 4. The molecule has 0 aliphatic heterocycles. The summed E-state index contributed by atoms with van der Waals surface area (Å²) in [6.45, 7) is 0. The van der Waals surface area contributed by atoms with Gasteiger partial charge < -0.3 is 4.57 Å². The van der Waals surface area contributed by atoms with Gasteiger partial charge in [0, 0.05) is 28.3 Å². The van der Waals surface area contributed by atoms with E-state index in [4.69, 9.17) is 0 Å². The molecule has 0 radical (unpaired) electrons. The molecule has 0 saturated heterocycles. The fraction of sp³-hybridized carbons (Fsp3) is 0. The van der Waals surface area contributed by atoms with Crippen LogP contribution in [0.2, 0.25) is 0 Å². The molecule has 4 aromatic carbocycles. The molecule has 0 unspecified atom stereocenters. The number of nitrogens with zero attached hydrogens (tertiary/aromatic N) is 1. The van der Waals surface area contributed by atoms with Gasteiger partial charge in [-0.15, -0.1) is 0 Å². The van der Waals surface area contributed by atoms with Crippen LogP contribution in [0.25, 0.3) is 38.8 Å². The van der Waals surface area contributed by atoms with Gasteiger partial charge in [-0.1, -0.05) is 91.0 Å². The highest BCUT2D eigenvalue weighted by molar-refractivity contribution is 6.24. The van der Waals surface area contributed by atoms with Crippen LogP contribution in [-0.4, -0.2) is 10.4 Å². The Labute approximate surface area is 168 Å². The van der Waals surface area contributed by atoms with E-state index < -0.39 is 0 Å². The van der Waals surface area contributed by atoms with E-state index in [0.29, 0.717) is 0 Å². The summed E-state index contributed by atoms with van der Waals surface area (Å²) in [5.74, 6) is 0.103. The molecule has 1 heterocycles. The van der Waals surface area contributed by atoms with Gasteiger partial charge in [0.05, 0.1) is 11.4 Å². The molecule has 0 bridgehead atoms. The molecule has 1 aliphatic carbocycles. The van der Waals surface area contributed by atoms with Crippen LogP contribution < -0.4 is 0 Å². The summed E-state index contributed by atoms with van der Waals surface area (Å²) in [5.41, 5.74) is 6.87. The number of benzene rings is 4. The first kappa shape index (κ1) is 16.1. The van der Waals surface area contributed by atoms with Gasteiger partial charge >= 0.3 is 0 Å². The zero-order valence-corrected chi connectivity index (χ0v) is 15.7. The summed E-state index contributed by atoms with van der Waals surface area (Å²) < 4.78 is 2.19. The molecule has 0 atom stereocenters. The smallest absolute Gasteiger partial charge is 0.195 e. The number of aromatic nitrogens is 1. The van der Waals surface area contributed by atoms with Crippen molar-refractivity contribution in [3.05, 3.63) is 114 Å². The number of carbonyl (C=O) groups excluding carboxylic acids is 1. The highest BCUT2D eigenvalue weighted by atomic mass is 16.1. The minimum absolute atomic E-state index is 0.103. The molecule has 2 nitrogen and oxygen atoms in total. The molecule has 5 aromatic rings. The van der Waals surface area contributed by atoms with Gasteiger partial charge in [0.25, 0.3) is 0 Å². The third-order valence-electron chi connectivity index (χ3n) is 5.76. The first-order valence-corrected chi connectivity index (χ1v) is 9.76. The SMILES string of the molecule is O=C1c2ccccc2-c2c1cn(-c1cccc3ccccc13)c2-c1ccccc1. The van der Waals surface area contributed by atoms with E-state index in [1.165, 1.54) is 10.8 Å². The lowest BCUT2D eigenvalue weighted by Gasteiger charge is -2.15. The third-order valence-corrected chi connectivity index (χ3v) is 5.76. The van der Waals surface area contributed by atoms with Crippen molar-refractivity contribution in [2.75, 3.05) is 0 Å². The fourth-order valence-electron chi connectivity index (χ4n) is 4.48. The maximum Gasteiger partial charge on any atom is 0.195 e. The molecule has 0 amide bonds. The van der Waals surface area contributed by atoms with E-state index in [1.807, 2.05) is 42.6 Å². The third kappa shape index (κ3) is 2.26. The number of hydrogen-bond donors (Lipinski definition) is 0. The number of rotatable bonds is 2. The van der Waals surface area contributed by atoms with Crippen LogP contribution in [0.3, 0.4) is 0 Å². The molecule has 29 heavy (non-hydrogen) atoms. The topological polar surface area (TPSA) is 22.0 Å². The molecule has 1 aromatic heterocycles. The van der Waals surface area contributed by atoms with Crippen LogP contribution in [0.1, 0.15) is 15.9 Å². The molecular formula is C27H17NO. The first-order chi connectivity index (χ1) is 14.3. The summed E-state index contributed by atoms with van der Waals surface area (Å²) in [6, 6.07) is 33.0. The summed E-state index contributed by atoms with van der Waals surface area (Å²) in [4.78, 5) is 13.2. The average Bonchev–Trinajstić information content (AvgIpc) is 3.30. The van der Waals surface area contributed by atoms with Crippen LogP contribution in [0.5, 0.6) is 0 Å². The highest BCUT2D eigenvalue weighted by Gasteiger charge is 2.32. The van der Waals surface area contributed by atoms with Crippen LogP contribution in [0.4, 0.5) is 0 Å². The lowest BCUT2D eigenvalue weighted by molar-refractivity contribution is 0.104. The molecule has 0 N–H and O–H groups in total. The van der Waals surface area contributed by atoms with Crippen molar-refractivity contribution in [3.8, 4) is 28.1 Å². The summed E-state index contributed by atoms with van der Waals surface area (Å²) >= 11 is 0. The Kier molecular flexibility index (Phi) is 3.35. The second kappa shape index (κ2) is 6.05. The van der Waals surface area contributed by atoms with E-state index in [9.17, 15) is 4.79 Å². The van der Waals surface area contributed by atoms with Crippen molar-refractivity contribution < 1.29 is 4.79 Å². The quantitative estimate of drug-likeness (QED) is 0.340. The minimum atomic E-state index is 0.103. The number of carbonyl (C=O) groups is 1. The van der Waals surface area contributed by atoms with Gasteiger partial charge in [0.1, 0.15) is 0 Å². The van der Waals surface area contributed by atoms with Crippen LogP contribution in [0.15, 0.2) is 103 Å². The van der Waals surface area contributed by atoms with Crippen molar-refractivity contribution in [1.82, 2.24) is 4.57 Å². The van der Waals surface area contributed by atoms with Gasteiger partial charge in [-0.25, -0.2) is 0 Å². The van der Waals surface area contributed by atoms with Gasteiger partial charge in [0.15, 0.2) is 5.78 Å². The largest absolute Gasteiger partial charge is 0.315 e. The minimum Gasteiger partial charge on any atom is -0.315 e. The van der Waals surface area contributed by atoms with E-state index in [1.54, 1.807) is 0 Å². The molecule has 6 rings (SSSR count). The maximum absolute atomic E-state index is 13.2. The Morgan fingerprint density at radius 2 is 1.28 bits per heavy atom. The second-order valence-corrected chi connectivity index (χ2v) is 7.38. The van der Waals surface area contributed by atoms with Crippen molar-refractivity contribution in [2.45, 2.75) is 0 Å². The predicted octanol–water partition coefficient (Wildman–Crippen LogP) is 6.51. The van der Waals surface area contributed by atoms with Gasteiger partial charge in [-0.05, 0) is 22.6 Å². The summed E-state index contributed by atoms with van der Waals surface area (Å²) in [6.07, 6.45) is 2.02. The molecule has 0 spiro atoms. The molecule has 1 aliphatic rings. The second-order valence-electron chi connectivity index (χ2n) is 7.38. The molecule has 2 heteroatoms. The monoisotopic (exact) mass is 371 g/mol. The van der Waals surface area contributed by atoms with E-state index in [2.05, 4.69) is 65.2 Å². The van der Waals surface area contributed by atoms with Gasteiger partial charge in [-0.3, -0.25) is 4.79 Å². The number of ketones is 1. The summed E-state index contributed by atoms with van der Waals surface area (Å²) in [7, 11) is 0. The standard InChI is InChI=1S/C27H17NO/c29-27-22-15-7-6-14-21(22)25-23(27)17-28(26(25)19-10-2-1-3-11-19)24-16-8-12-18-9-4-5-13-20(18)24/h1-17H. The van der Waals surface area contributed by atoms with Crippen molar-refractivity contribution in [1.29, 1.82) is 0 Å². The van der Waals surface area contributed by atoms with E-state index >= 15 is 0 Å². The van der Waals surface area contributed by atoms with Crippen molar-refractivity contribution in [3.63, 3.8) is 0 Å². The molecular weight excluding hydrogens is 354 g/mol. The van der Waals surface area contributed by atoms with Crippen LogP contribution in [0, 0.1) is 0 Å². The Hall–Kier alpha value is -3.91. The zero-order valence-electron chi connectivity index (χ0n) is 15.7. The van der Waals surface area contributed by atoms with Crippen LogP contribution in [-0.2, 0) is 0 Å². The lowest BCUT2D eigenvalue weighted by Crippen LogP contribution is -2.00. The van der Waals surface area contributed by atoms with Crippen molar-refractivity contribution >= 4 is 16.6 Å². The van der Waals surface area contributed by atoms with E-state index in [0.717, 1.165) is 39.2 Å². The average molecular weight is 371 g/mol. The Morgan fingerprint density at radius 3 is 2.14 bits per heavy atom. The van der Waals surface area contributed by atoms with Crippen LogP contribution >= 0.6 is 0 Å². The normalized spacial score (nSPS) is 12.2. The highest BCUT2D eigenvalue weighted by Crippen LogP contribution is 2.45. The predicted molar refractivity (Wildman–Crippen MR) is 118 cm³/mol. The Bertz CT molecular complexity index is 1400. The molecule has 0 fully saturated rings. The molecule has 136 valence electrons. The maximum atomic E-state index is 13.2. The lowest BCUT2D eigenvalue weighted by atomic mass is 10.0. The summed E-state index contributed by atoms with van der Waals surface area (Å²) in [5, 5.41) is 2.35. The Morgan fingerprint density at radius 1 is 0.586 bits per heavy atom.